The van der Waals surface area contributed by atoms with Gasteiger partial charge in [-0.15, -0.1) is 0 Å². The van der Waals surface area contributed by atoms with Gasteiger partial charge in [0.05, 0.1) is 5.56 Å². The molecule has 18 heavy (non-hydrogen) atoms. The zero-order chi connectivity index (χ0) is 12.9. The summed E-state index contributed by atoms with van der Waals surface area (Å²) in [5.74, 6) is -0.884. The second-order valence-corrected chi connectivity index (χ2v) is 6.00. The Morgan fingerprint density at radius 2 is 1.83 bits per heavy atom. The van der Waals surface area contributed by atoms with Gasteiger partial charge >= 0.3 is 5.97 Å². The van der Waals surface area contributed by atoms with E-state index in [-0.39, 0.29) is 0 Å². The van der Waals surface area contributed by atoms with Crippen LogP contribution in [0, 0.1) is 0 Å². The van der Waals surface area contributed by atoms with Gasteiger partial charge in [-0.1, -0.05) is 28.1 Å². The third kappa shape index (κ3) is 1.71. The van der Waals surface area contributed by atoms with Crippen LogP contribution in [0.4, 0.5) is 0 Å². The summed E-state index contributed by atoms with van der Waals surface area (Å²) in [6.45, 7) is 0. The van der Waals surface area contributed by atoms with Crippen molar-refractivity contribution in [1.82, 2.24) is 0 Å². The van der Waals surface area contributed by atoms with Crippen LogP contribution in [-0.2, 0) is 6.42 Å². The molecule has 4 heteroatoms. The highest BCUT2D eigenvalue weighted by Crippen LogP contribution is 2.41. The van der Waals surface area contributed by atoms with Gasteiger partial charge in [0, 0.05) is 8.95 Å². The van der Waals surface area contributed by atoms with Crippen LogP contribution in [-0.4, -0.2) is 11.1 Å². The lowest BCUT2D eigenvalue weighted by Crippen LogP contribution is -2.03. The predicted molar refractivity (Wildman–Crippen MR) is 77.0 cm³/mol. The van der Waals surface area contributed by atoms with Gasteiger partial charge in [-0.25, -0.2) is 4.79 Å². The first kappa shape index (κ1) is 11.9. The summed E-state index contributed by atoms with van der Waals surface area (Å²) < 4.78 is 1.66. The Morgan fingerprint density at radius 3 is 2.56 bits per heavy atom. The van der Waals surface area contributed by atoms with Crippen LogP contribution in [0.1, 0.15) is 21.5 Å². The Bertz CT molecular complexity index is 678. The Labute approximate surface area is 121 Å². The zero-order valence-corrected chi connectivity index (χ0v) is 12.4. The molecule has 0 spiro atoms. The van der Waals surface area contributed by atoms with E-state index in [2.05, 4.69) is 37.9 Å². The van der Waals surface area contributed by atoms with Crippen LogP contribution in [0.25, 0.3) is 11.1 Å². The molecule has 0 amide bonds. The third-order valence-corrected chi connectivity index (χ3v) is 4.35. The molecule has 1 N–H and O–H groups in total. The Morgan fingerprint density at radius 1 is 1.11 bits per heavy atom. The number of benzene rings is 2. The summed E-state index contributed by atoms with van der Waals surface area (Å²) >= 11 is 6.77. The molecule has 0 radical (unpaired) electrons. The van der Waals surface area contributed by atoms with E-state index in [0.29, 0.717) is 16.5 Å². The van der Waals surface area contributed by atoms with Gasteiger partial charge in [0.15, 0.2) is 0 Å². The topological polar surface area (TPSA) is 37.3 Å². The number of halogens is 2. The lowest BCUT2D eigenvalue weighted by atomic mass is 10.0. The second-order valence-electron chi connectivity index (χ2n) is 4.23. The first-order valence-corrected chi connectivity index (χ1v) is 7.00. The highest BCUT2D eigenvalue weighted by Gasteiger charge is 2.25. The number of carboxylic acids is 1. The van der Waals surface area contributed by atoms with Gasteiger partial charge in [0.2, 0.25) is 0 Å². The molecule has 0 bridgehead atoms. The van der Waals surface area contributed by atoms with E-state index in [0.717, 1.165) is 21.2 Å². The molecule has 0 aromatic heterocycles. The Balaban J connectivity index is 2.28. The Kier molecular flexibility index (Phi) is 2.79. The highest BCUT2D eigenvalue weighted by atomic mass is 79.9. The number of fused-ring (bicyclic) bond motifs is 3. The maximum Gasteiger partial charge on any atom is 0.337 e. The molecular formula is C14H8Br2O2. The van der Waals surface area contributed by atoms with Gasteiger partial charge in [-0.3, -0.25) is 0 Å². The lowest BCUT2D eigenvalue weighted by molar-refractivity contribution is 0.0695. The maximum atomic E-state index is 11.4. The van der Waals surface area contributed by atoms with Crippen molar-refractivity contribution in [2.24, 2.45) is 0 Å². The predicted octanol–water partition coefficient (Wildman–Crippen LogP) is 4.48. The smallest absolute Gasteiger partial charge is 0.337 e. The monoisotopic (exact) mass is 366 g/mol. The third-order valence-electron chi connectivity index (χ3n) is 3.20. The number of hydrogen-bond acceptors (Lipinski definition) is 1. The fraction of sp³-hybridized carbons (Fsp3) is 0.0714. The second kappa shape index (κ2) is 4.21. The molecule has 0 heterocycles. The molecule has 3 rings (SSSR count). The quantitative estimate of drug-likeness (QED) is 0.688. The molecule has 0 unspecified atom stereocenters. The zero-order valence-electron chi connectivity index (χ0n) is 9.21. The molecule has 0 fully saturated rings. The van der Waals surface area contributed by atoms with E-state index in [1.165, 1.54) is 5.56 Å². The van der Waals surface area contributed by atoms with Gasteiger partial charge < -0.3 is 5.11 Å². The number of carboxylic acid groups (broad SMARTS) is 1. The van der Waals surface area contributed by atoms with E-state index in [1.807, 2.05) is 18.2 Å². The fourth-order valence-electron chi connectivity index (χ4n) is 2.45. The minimum Gasteiger partial charge on any atom is -0.478 e. The molecular weight excluding hydrogens is 360 g/mol. The van der Waals surface area contributed by atoms with Crippen LogP contribution in [0.5, 0.6) is 0 Å². The molecule has 2 nitrogen and oxygen atoms in total. The van der Waals surface area contributed by atoms with Crippen molar-refractivity contribution in [2.75, 3.05) is 0 Å². The molecule has 90 valence electrons. The SMILES string of the molecule is O=C(O)c1c(Br)ccc2c1Cc1cc(Br)ccc1-2. The standard InChI is InChI=1S/C14H8Br2O2/c15-8-1-2-9-7(5-8)6-11-10(9)3-4-12(16)13(11)14(17)18/h1-5H,6H2,(H,17,18). The van der Waals surface area contributed by atoms with Crippen LogP contribution in [0.3, 0.4) is 0 Å². The summed E-state index contributed by atoms with van der Waals surface area (Å²) in [5, 5.41) is 9.32. The van der Waals surface area contributed by atoms with Crippen LogP contribution >= 0.6 is 31.9 Å². The van der Waals surface area contributed by atoms with Crippen molar-refractivity contribution in [1.29, 1.82) is 0 Å². The van der Waals surface area contributed by atoms with Crippen molar-refractivity contribution in [3.63, 3.8) is 0 Å². The summed E-state index contributed by atoms with van der Waals surface area (Å²) in [7, 11) is 0. The largest absolute Gasteiger partial charge is 0.478 e. The van der Waals surface area contributed by atoms with Crippen LogP contribution in [0.2, 0.25) is 0 Å². The number of carbonyl (C=O) groups is 1. The van der Waals surface area contributed by atoms with Gasteiger partial charge in [-0.05, 0) is 62.8 Å². The maximum absolute atomic E-state index is 11.4. The van der Waals surface area contributed by atoms with Crippen molar-refractivity contribution < 1.29 is 9.90 Å². The summed E-state index contributed by atoms with van der Waals surface area (Å²) in [5.41, 5.74) is 4.59. The van der Waals surface area contributed by atoms with E-state index >= 15 is 0 Å². The van der Waals surface area contributed by atoms with Gasteiger partial charge in [0.1, 0.15) is 0 Å². The Hall–Kier alpha value is -1.13. The first-order chi connectivity index (χ1) is 8.58. The van der Waals surface area contributed by atoms with Crippen molar-refractivity contribution in [2.45, 2.75) is 6.42 Å². The van der Waals surface area contributed by atoms with Crippen LogP contribution < -0.4 is 0 Å². The normalized spacial score (nSPS) is 12.1. The summed E-state index contributed by atoms with van der Waals surface area (Å²) in [6, 6.07) is 9.85. The van der Waals surface area contributed by atoms with E-state index in [1.54, 1.807) is 6.07 Å². The van der Waals surface area contributed by atoms with Crippen molar-refractivity contribution >= 4 is 37.8 Å². The number of hydrogen-bond donors (Lipinski definition) is 1. The molecule has 1 aliphatic carbocycles. The molecule has 2 aromatic rings. The fourth-order valence-corrected chi connectivity index (χ4v) is 3.40. The number of rotatable bonds is 1. The van der Waals surface area contributed by atoms with Crippen molar-refractivity contribution in [3.05, 3.63) is 56.0 Å². The molecule has 0 saturated heterocycles. The number of aromatic carboxylic acids is 1. The summed E-state index contributed by atoms with van der Waals surface area (Å²) in [4.78, 5) is 11.4. The van der Waals surface area contributed by atoms with E-state index in [9.17, 15) is 9.90 Å². The van der Waals surface area contributed by atoms with Gasteiger partial charge in [-0.2, -0.15) is 0 Å². The molecule has 0 atom stereocenters. The average Bonchev–Trinajstić information content (AvgIpc) is 2.64. The van der Waals surface area contributed by atoms with Gasteiger partial charge in [0.25, 0.3) is 0 Å². The highest BCUT2D eigenvalue weighted by molar-refractivity contribution is 9.10. The summed E-state index contributed by atoms with van der Waals surface area (Å²) in [6.07, 6.45) is 0.672. The minimum absolute atomic E-state index is 0.375. The molecule has 0 aliphatic heterocycles. The van der Waals surface area contributed by atoms with Crippen LogP contribution in [0.15, 0.2) is 39.3 Å². The molecule has 1 aliphatic rings. The average molecular weight is 368 g/mol. The minimum atomic E-state index is -0.884. The lowest BCUT2D eigenvalue weighted by Gasteiger charge is -2.06. The first-order valence-electron chi connectivity index (χ1n) is 5.41. The van der Waals surface area contributed by atoms with E-state index < -0.39 is 5.97 Å². The van der Waals surface area contributed by atoms with Crippen molar-refractivity contribution in [3.8, 4) is 11.1 Å². The molecule has 0 saturated carbocycles. The van der Waals surface area contributed by atoms with E-state index in [4.69, 9.17) is 0 Å². The molecule has 2 aromatic carbocycles.